The molecule has 25 heavy (non-hydrogen) atoms. The van der Waals surface area contributed by atoms with Crippen LogP contribution in [0.5, 0.6) is 0 Å². The van der Waals surface area contributed by atoms with Crippen LogP contribution in [0.25, 0.3) is 11.0 Å². The lowest BCUT2D eigenvalue weighted by atomic mass is 10.0. The van der Waals surface area contributed by atoms with Gasteiger partial charge in [-0.3, -0.25) is 4.79 Å². The SMILES string of the molecule is CC(C)c1nccn1[C@H]1CCCN(C(=O)c2ccc3nc[nH]c3c2)C1. The van der Waals surface area contributed by atoms with E-state index in [4.69, 9.17) is 0 Å². The van der Waals surface area contributed by atoms with Crippen molar-refractivity contribution in [1.82, 2.24) is 24.4 Å². The maximum Gasteiger partial charge on any atom is 0.254 e. The molecule has 4 rings (SSSR count). The molecule has 1 aliphatic rings. The Hall–Kier alpha value is -2.63. The van der Waals surface area contributed by atoms with Gasteiger partial charge in [0.2, 0.25) is 0 Å². The number of likely N-dealkylation sites (tertiary alicyclic amines) is 1. The Morgan fingerprint density at radius 2 is 2.20 bits per heavy atom. The first-order chi connectivity index (χ1) is 12.1. The van der Waals surface area contributed by atoms with Crippen molar-refractivity contribution in [1.29, 1.82) is 0 Å². The van der Waals surface area contributed by atoms with Gasteiger partial charge in [-0.25, -0.2) is 9.97 Å². The van der Waals surface area contributed by atoms with Gasteiger partial charge in [0.25, 0.3) is 5.91 Å². The molecule has 1 amide bonds. The fourth-order valence-electron chi connectivity index (χ4n) is 3.70. The van der Waals surface area contributed by atoms with E-state index in [0.29, 0.717) is 17.5 Å². The van der Waals surface area contributed by atoms with Gasteiger partial charge < -0.3 is 14.5 Å². The number of hydrogen-bond donors (Lipinski definition) is 1. The average molecular weight is 337 g/mol. The third kappa shape index (κ3) is 2.92. The summed E-state index contributed by atoms with van der Waals surface area (Å²) in [6.07, 6.45) is 7.66. The number of nitrogens with one attached hydrogen (secondary N) is 1. The zero-order valence-electron chi connectivity index (χ0n) is 14.6. The third-order valence-corrected chi connectivity index (χ3v) is 4.96. The number of carbonyl (C=O) groups excluding carboxylic acids is 1. The summed E-state index contributed by atoms with van der Waals surface area (Å²) in [7, 11) is 0. The second kappa shape index (κ2) is 6.35. The van der Waals surface area contributed by atoms with E-state index >= 15 is 0 Å². The fourth-order valence-corrected chi connectivity index (χ4v) is 3.70. The molecule has 6 nitrogen and oxygen atoms in total. The van der Waals surface area contributed by atoms with Gasteiger partial charge in [0.05, 0.1) is 23.4 Å². The number of piperidine rings is 1. The van der Waals surface area contributed by atoms with Crippen LogP contribution >= 0.6 is 0 Å². The molecule has 1 saturated heterocycles. The van der Waals surface area contributed by atoms with Crippen molar-refractivity contribution in [3.63, 3.8) is 0 Å². The molecule has 1 aliphatic heterocycles. The minimum atomic E-state index is 0.0902. The highest BCUT2D eigenvalue weighted by molar-refractivity contribution is 5.97. The topological polar surface area (TPSA) is 66.8 Å². The monoisotopic (exact) mass is 337 g/mol. The van der Waals surface area contributed by atoms with E-state index in [9.17, 15) is 4.79 Å². The number of rotatable bonds is 3. The standard InChI is InChI=1S/C19H23N5O/c1-13(2)18-20-7-9-24(18)15-4-3-8-23(11-15)19(25)14-5-6-16-17(10-14)22-12-21-16/h5-7,9-10,12-13,15H,3-4,8,11H2,1-2H3,(H,21,22)/t15-/m0/s1. The molecule has 3 heterocycles. The Labute approximate surface area is 146 Å². The van der Waals surface area contributed by atoms with E-state index in [1.165, 1.54) is 0 Å². The van der Waals surface area contributed by atoms with Crippen LogP contribution in [0.2, 0.25) is 0 Å². The maximum atomic E-state index is 13.0. The number of benzene rings is 1. The number of aromatic nitrogens is 4. The minimum Gasteiger partial charge on any atom is -0.345 e. The Morgan fingerprint density at radius 1 is 1.32 bits per heavy atom. The van der Waals surface area contributed by atoms with Gasteiger partial charge >= 0.3 is 0 Å². The van der Waals surface area contributed by atoms with Gasteiger partial charge in [-0.2, -0.15) is 0 Å². The number of aromatic amines is 1. The van der Waals surface area contributed by atoms with E-state index in [2.05, 4.69) is 33.4 Å². The molecule has 0 saturated carbocycles. The first kappa shape index (κ1) is 15.9. The first-order valence-electron chi connectivity index (χ1n) is 8.88. The summed E-state index contributed by atoms with van der Waals surface area (Å²) >= 11 is 0. The molecule has 3 aromatic rings. The summed E-state index contributed by atoms with van der Waals surface area (Å²) in [5, 5.41) is 0. The zero-order chi connectivity index (χ0) is 17.4. The van der Waals surface area contributed by atoms with E-state index in [-0.39, 0.29) is 5.91 Å². The molecule has 0 radical (unpaired) electrons. The van der Waals surface area contributed by atoms with Crippen molar-refractivity contribution >= 4 is 16.9 Å². The summed E-state index contributed by atoms with van der Waals surface area (Å²) in [6, 6.07) is 5.96. The average Bonchev–Trinajstić information content (AvgIpc) is 3.29. The molecule has 1 fully saturated rings. The van der Waals surface area contributed by atoms with Crippen LogP contribution in [-0.4, -0.2) is 43.4 Å². The molecule has 1 atom stereocenters. The lowest BCUT2D eigenvalue weighted by Gasteiger charge is -2.34. The summed E-state index contributed by atoms with van der Waals surface area (Å²) in [6.45, 7) is 5.85. The molecule has 1 N–H and O–H groups in total. The Morgan fingerprint density at radius 3 is 3.04 bits per heavy atom. The molecule has 0 unspecified atom stereocenters. The predicted molar refractivity (Wildman–Crippen MR) is 96.6 cm³/mol. The van der Waals surface area contributed by atoms with Crippen LogP contribution in [-0.2, 0) is 0 Å². The van der Waals surface area contributed by atoms with Gasteiger partial charge in [-0.05, 0) is 31.0 Å². The molecular formula is C19H23N5O. The molecule has 0 bridgehead atoms. The van der Waals surface area contributed by atoms with E-state index in [0.717, 1.165) is 42.8 Å². The van der Waals surface area contributed by atoms with Crippen LogP contribution in [0.1, 0.15) is 54.8 Å². The number of nitrogens with zero attached hydrogens (tertiary/aromatic N) is 4. The van der Waals surface area contributed by atoms with Crippen LogP contribution in [0, 0.1) is 0 Å². The van der Waals surface area contributed by atoms with E-state index < -0.39 is 0 Å². The smallest absolute Gasteiger partial charge is 0.254 e. The quantitative estimate of drug-likeness (QED) is 0.797. The second-order valence-electron chi connectivity index (χ2n) is 7.03. The number of imidazole rings is 2. The molecule has 6 heteroatoms. The second-order valence-corrected chi connectivity index (χ2v) is 7.03. The maximum absolute atomic E-state index is 13.0. The van der Waals surface area contributed by atoms with Crippen molar-refractivity contribution in [2.45, 2.75) is 38.6 Å². The van der Waals surface area contributed by atoms with Gasteiger partial charge in [0.15, 0.2) is 0 Å². The fraction of sp³-hybridized carbons (Fsp3) is 0.421. The Bertz CT molecular complexity index is 894. The van der Waals surface area contributed by atoms with Gasteiger partial charge in [0.1, 0.15) is 5.82 Å². The largest absolute Gasteiger partial charge is 0.345 e. The van der Waals surface area contributed by atoms with Crippen molar-refractivity contribution < 1.29 is 4.79 Å². The van der Waals surface area contributed by atoms with Crippen molar-refractivity contribution in [3.05, 3.63) is 48.3 Å². The molecule has 0 spiro atoms. The predicted octanol–water partition coefficient (Wildman–Crippen LogP) is 3.36. The lowest BCUT2D eigenvalue weighted by Crippen LogP contribution is -2.41. The number of carbonyl (C=O) groups is 1. The van der Waals surface area contributed by atoms with Crippen LogP contribution < -0.4 is 0 Å². The molecule has 1 aromatic carbocycles. The molecule has 0 aliphatic carbocycles. The van der Waals surface area contributed by atoms with E-state index in [1.54, 1.807) is 6.33 Å². The third-order valence-electron chi connectivity index (χ3n) is 4.96. The Balaban J connectivity index is 1.56. The normalized spacial score (nSPS) is 18.2. The van der Waals surface area contributed by atoms with Crippen LogP contribution in [0.15, 0.2) is 36.9 Å². The van der Waals surface area contributed by atoms with Crippen molar-refractivity contribution in [2.75, 3.05) is 13.1 Å². The number of amides is 1. The molecule has 2 aromatic heterocycles. The number of hydrogen-bond acceptors (Lipinski definition) is 3. The summed E-state index contributed by atoms with van der Waals surface area (Å²) in [4.78, 5) is 26.7. The first-order valence-corrected chi connectivity index (χ1v) is 8.88. The highest BCUT2D eigenvalue weighted by Gasteiger charge is 2.27. The van der Waals surface area contributed by atoms with Crippen LogP contribution in [0.3, 0.4) is 0 Å². The lowest BCUT2D eigenvalue weighted by molar-refractivity contribution is 0.0677. The number of H-pyrrole nitrogens is 1. The number of fused-ring (bicyclic) bond motifs is 1. The summed E-state index contributed by atoms with van der Waals surface area (Å²) in [5.74, 6) is 1.56. The van der Waals surface area contributed by atoms with Gasteiger partial charge in [-0.1, -0.05) is 13.8 Å². The van der Waals surface area contributed by atoms with E-state index in [1.807, 2.05) is 35.5 Å². The summed E-state index contributed by atoms with van der Waals surface area (Å²) < 4.78 is 2.25. The Kier molecular flexibility index (Phi) is 4.03. The molecular weight excluding hydrogens is 314 g/mol. The van der Waals surface area contributed by atoms with Crippen molar-refractivity contribution in [2.24, 2.45) is 0 Å². The van der Waals surface area contributed by atoms with Crippen LogP contribution in [0.4, 0.5) is 0 Å². The molecule has 130 valence electrons. The highest BCUT2D eigenvalue weighted by atomic mass is 16.2. The van der Waals surface area contributed by atoms with Crippen molar-refractivity contribution in [3.8, 4) is 0 Å². The van der Waals surface area contributed by atoms with Gasteiger partial charge in [0, 0.05) is 37.0 Å². The summed E-state index contributed by atoms with van der Waals surface area (Å²) in [5.41, 5.74) is 2.50. The highest BCUT2D eigenvalue weighted by Crippen LogP contribution is 2.26. The zero-order valence-corrected chi connectivity index (χ0v) is 14.6. The minimum absolute atomic E-state index is 0.0902. The van der Waals surface area contributed by atoms with Gasteiger partial charge in [-0.15, -0.1) is 0 Å².